The molecule has 0 radical (unpaired) electrons. The Bertz CT molecular complexity index is 471. The molecule has 0 aromatic carbocycles. The van der Waals surface area contributed by atoms with Crippen molar-refractivity contribution in [2.75, 3.05) is 6.54 Å². The molecule has 0 saturated heterocycles. The van der Waals surface area contributed by atoms with E-state index >= 15 is 0 Å². The van der Waals surface area contributed by atoms with E-state index in [1.807, 2.05) is 11.3 Å². The first kappa shape index (κ1) is 9.19. The lowest BCUT2D eigenvalue weighted by molar-refractivity contribution is 0.458. The van der Waals surface area contributed by atoms with Crippen LogP contribution < -0.4 is 5.32 Å². The summed E-state index contributed by atoms with van der Waals surface area (Å²) in [5, 5.41) is 3.54. The molecule has 3 heteroatoms. The Morgan fingerprint density at radius 3 is 3.13 bits per heavy atom. The number of thiophene rings is 1. The molecule has 1 atom stereocenters. The second kappa shape index (κ2) is 3.51. The average Bonchev–Trinajstić information content (AvgIpc) is 2.84. The van der Waals surface area contributed by atoms with Crippen LogP contribution in [0, 0.1) is 6.92 Å². The summed E-state index contributed by atoms with van der Waals surface area (Å²) in [7, 11) is 0. The lowest BCUT2D eigenvalue weighted by Crippen LogP contribution is -2.28. The first-order valence-corrected chi connectivity index (χ1v) is 6.02. The molecule has 2 nitrogen and oxygen atoms in total. The third kappa shape index (κ3) is 1.52. The Hall–Kier alpha value is -1.06. The maximum atomic E-state index is 5.48. The predicted molar refractivity (Wildman–Crippen MR) is 61.3 cm³/mol. The molecule has 2 aromatic heterocycles. The van der Waals surface area contributed by atoms with Crippen molar-refractivity contribution in [2.45, 2.75) is 19.4 Å². The topological polar surface area (TPSA) is 25.2 Å². The van der Waals surface area contributed by atoms with Gasteiger partial charge in [-0.1, -0.05) is 0 Å². The standard InChI is InChI=1S/C12H13NOS/c1-8-2-3-11(15-8)12-9-5-7-14-10(9)4-6-13-12/h2-3,5,7,12-13H,4,6H2,1H3. The van der Waals surface area contributed by atoms with Gasteiger partial charge in [0.05, 0.1) is 12.3 Å². The van der Waals surface area contributed by atoms with Crippen molar-refractivity contribution >= 4 is 11.3 Å². The lowest BCUT2D eigenvalue weighted by Gasteiger charge is -2.22. The molecule has 1 unspecified atom stereocenters. The van der Waals surface area contributed by atoms with Crippen molar-refractivity contribution < 1.29 is 4.42 Å². The van der Waals surface area contributed by atoms with Crippen LogP contribution in [0.4, 0.5) is 0 Å². The molecule has 0 bridgehead atoms. The third-order valence-corrected chi connectivity index (χ3v) is 3.90. The average molecular weight is 219 g/mol. The number of aryl methyl sites for hydroxylation is 1. The van der Waals surface area contributed by atoms with E-state index in [0.717, 1.165) is 18.7 Å². The molecule has 0 aliphatic carbocycles. The van der Waals surface area contributed by atoms with Gasteiger partial charge in [-0.05, 0) is 25.1 Å². The van der Waals surface area contributed by atoms with E-state index in [-0.39, 0.29) is 0 Å². The van der Waals surface area contributed by atoms with Gasteiger partial charge >= 0.3 is 0 Å². The summed E-state index contributed by atoms with van der Waals surface area (Å²) in [4.78, 5) is 2.75. The lowest BCUT2D eigenvalue weighted by atomic mass is 10.0. The maximum absolute atomic E-state index is 5.48. The van der Waals surface area contributed by atoms with Crippen LogP contribution in [-0.2, 0) is 6.42 Å². The van der Waals surface area contributed by atoms with Crippen molar-refractivity contribution in [3.05, 3.63) is 45.5 Å². The monoisotopic (exact) mass is 219 g/mol. The summed E-state index contributed by atoms with van der Waals surface area (Å²) in [5.74, 6) is 1.14. The first-order chi connectivity index (χ1) is 7.34. The van der Waals surface area contributed by atoms with Gasteiger partial charge in [0.2, 0.25) is 0 Å². The number of fused-ring (bicyclic) bond motifs is 1. The molecule has 0 amide bonds. The summed E-state index contributed by atoms with van der Waals surface area (Å²) in [6.07, 6.45) is 2.80. The van der Waals surface area contributed by atoms with Crippen molar-refractivity contribution in [3.63, 3.8) is 0 Å². The third-order valence-electron chi connectivity index (χ3n) is 2.84. The molecule has 15 heavy (non-hydrogen) atoms. The van der Waals surface area contributed by atoms with Crippen LogP contribution in [0.2, 0.25) is 0 Å². The number of nitrogens with one attached hydrogen (secondary N) is 1. The van der Waals surface area contributed by atoms with Crippen LogP contribution in [0.25, 0.3) is 0 Å². The summed E-state index contributed by atoms with van der Waals surface area (Å²) in [6.45, 7) is 3.15. The quantitative estimate of drug-likeness (QED) is 0.797. The van der Waals surface area contributed by atoms with Gasteiger partial charge in [0.15, 0.2) is 0 Å². The highest BCUT2D eigenvalue weighted by atomic mass is 32.1. The van der Waals surface area contributed by atoms with Crippen LogP contribution in [0.1, 0.15) is 27.1 Å². The molecule has 3 heterocycles. The van der Waals surface area contributed by atoms with E-state index in [0.29, 0.717) is 6.04 Å². The van der Waals surface area contributed by atoms with E-state index in [2.05, 4.69) is 30.4 Å². The van der Waals surface area contributed by atoms with Crippen LogP contribution in [0.5, 0.6) is 0 Å². The Morgan fingerprint density at radius 1 is 1.40 bits per heavy atom. The largest absolute Gasteiger partial charge is 0.469 e. The smallest absolute Gasteiger partial charge is 0.110 e. The highest BCUT2D eigenvalue weighted by Crippen LogP contribution is 2.32. The van der Waals surface area contributed by atoms with Gasteiger partial charge in [0.25, 0.3) is 0 Å². The number of hydrogen-bond donors (Lipinski definition) is 1. The highest BCUT2D eigenvalue weighted by Gasteiger charge is 2.24. The molecule has 78 valence electrons. The molecule has 3 rings (SSSR count). The molecular weight excluding hydrogens is 206 g/mol. The van der Waals surface area contributed by atoms with E-state index < -0.39 is 0 Å². The fraction of sp³-hybridized carbons (Fsp3) is 0.333. The molecule has 0 fully saturated rings. The second-order valence-corrected chi connectivity index (χ2v) is 5.20. The normalized spacial score (nSPS) is 20.2. The number of furan rings is 1. The SMILES string of the molecule is Cc1ccc(C2NCCc3occc32)s1. The Morgan fingerprint density at radius 2 is 2.33 bits per heavy atom. The minimum atomic E-state index is 0.339. The van der Waals surface area contributed by atoms with E-state index in [1.165, 1.54) is 15.3 Å². The molecule has 1 aliphatic rings. The molecule has 0 saturated carbocycles. The fourth-order valence-corrected chi connectivity index (χ4v) is 3.09. The van der Waals surface area contributed by atoms with Gasteiger partial charge in [-0.15, -0.1) is 11.3 Å². The van der Waals surface area contributed by atoms with Gasteiger partial charge in [0, 0.05) is 28.3 Å². The van der Waals surface area contributed by atoms with Crippen LogP contribution in [0.3, 0.4) is 0 Å². The molecule has 2 aromatic rings. The van der Waals surface area contributed by atoms with Crippen LogP contribution >= 0.6 is 11.3 Å². The minimum absolute atomic E-state index is 0.339. The summed E-state index contributed by atoms with van der Waals surface area (Å²) >= 11 is 1.86. The van der Waals surface area contributed by atoms with Crippen molar-refractivity contribution in [1.82, 2.24) is 5.32 Å². The second-order valence-electron chi connectivity index (χ2n) is 3.88. The number of rotatable bonds is 1. The van der Waals surface area contributed by atoms with Crippen LogP contribution in [0.15, 0.2) is 28.9 Å². The zero-order valence-electron chi connectivity index (χ0n) is 8.62. The summed E-state index contributed by atoms with van der Waals surface area (Å²) < 4.78 is 5.48. The maximum Gasteiger partial charge on any atom is 0.110 e. The van der Waals surface area contributed by atoms with Crippen molar-refractivity contribution in [2.24, 2.45) is 0 Å². The zero-order valence-corrected chi connectivity index (χ0v) is 9.43. The van der Waals surface area contributed by atoms with Gasteiger partial charge in [0.1, 0.15) is 5.76 Å². The van der Waals surface area contributed by atoms with Gasteiger partial charge in [-0.3, -0.25) is 0 Å². The molecule has 1 N–H and O–H groups in total. The van der Waals surface area contributed by atoms with E-state index in [1.54, 1.807) is 6.26 Å². The van der Waals surface area contributed by atoms with E-state index in [4.69, 9.17) is 4.42 Å². The Kier molecular flexibility index (Phi) is 2.15. The summed E-state index contributed by atoms with van der Waals surface area (Å²) in [6, 6.07) is 6.81. The number of hydrogen-bond acceptors (Lipinski definition) is 3. The minimum Gasteiger partial charge on any atom is -0.469 e. The summed E-state index contributed by atoms with van der Waals surface area (Å²) in [5.41, 5.74) is 1.31. The van der Waals surface area contributed by atoms with E-state index in [9.17, 15) is 0 Å². The predicted octanol–water partition coefficient (Wildman–Crippen LogP) is 2.88. The molecule has 0 spiro atoms. The van der Waals surface area contributed by atoms with Gasteiger partial charge < -0.3 is 9.73 Å². The van der Waals surface area contributed by atoms with Gasteiger partial charge in [-0.25, -0.2) is 0 Å². The van der Waals surface area contributed by atoms with Crippen LogP contribution in [-0.4, -0.2) is 6.54 Å². The molecule has 1 aliphatic heterocycles. The zero-order chi connectivity index (χ0) is 10.3. The van der Waals surface area contributed by atoms with Crippen molar-refractivity contribution in [3.8, 4) is 0 Å². The van der Waals surface area contributed by atoms with Crippen molar-refractivity contribution in [1.29, 1.82) is 0 Å². The van der Waals surface area contributed by atoms with Gasteiger partial charge in [-0.2, -0.15) is 0 Å². The highest BCUT2D eigenvalue weighted by molar-refractivity contribution is 7.12. The fourth-order valence-electron chi connectivity index (χ4n) is 2.11. The molecular formula is C12H13NOS. The Balaban J connectivity index is 2.02. The first-order valence-electron chi connectivity index (χ1n) is 5.20. The Labute approximate surface area is 92.9 Å².